The lowest BCUT2D eigenvalue weighted by molar-refractivity contribution is -0.139. The van der Waals surface area contributed by atoms with Gasteiger partial charge in [0.15, 0.2) is 0 Å². The topological polar surface area (TPSA) is 102 Å². The second-order valence-corrected chi connectivity index (χ2v) is 8.39. The van der Waals surface area contributed by atoms with Crippen molar-refractivity contribution in [3.05, 3.63) is 35.5 Å². The highest BCUT2D eigenvalue weighted by atomic mass is 16.5. The summed E-state index contributed by atoms with van der Waals surface area (Å²) < 4.78 is 5.68. The van der Waals surface area contributed by atoms with Crippen LogP contribution in [-0.4, -0.2) is 96.1 Å². The number of rotatable bonds is 7. The van der Waals surface area contributed by atoms with Crippen LogP contribution in [0.2, 0.25) is 0 Å². The van der Waals surface area contributed by atoms with Gasteiger partial charge in [-0.25, -0.2) is 0 Å². The van der Waals surface area contributed by atoms with Crippen molar-refractivity contribution in [2.24, 2.45) is 0 Å². The maximum absolute atomic E-state index is 13.4. The van der Waals surface area contributed by atoms with E-state index >= 15 is 0 Å². The number of aliphatic hydroxyl groups excluding tert-OH is 1. The first-order valence-electron chi connectivity index (χ1n) is 11.2. The molecule has 3 amide bonds. The predicted molar refractivity (Wildman–Crippen MR) is 118 cm³/mol. The molecule has 9 heteroatoms. The lowest BCUT2D eigenvalue weighted by atomic mass is 10.0. The van der Waals surface area contributed by atoms with Crippen LogP contribution >= 0.6 is 0 Å². The molecule has 0 saturated carbocycles. The maximum Gasteiger partial charge on any atom is 0.277 e. The fourth-order valence-corrected chi connectivity index (χ4v) is 4.53. The summed E-state index contributed by atoms with van der Waals surface area (Å²) in [5.41, 5.74) is 2.12. The first-order valence-corrected chi connectivity index (χ1v) is 11.2. The number of carbonyl (C=O) groups excluding carboxylic acids is 3. The zero-order chi connectivity index (χ0) is 22.7. The van der Waals surface area contributed by atoms with Gasteiger partial charge in [0.1, 0.15) is 5.70 Å². The first-order chi connectivity index (χ1) is 15.5. The Morgan fingerprint density at radius 3 is 2.44 bits per heavy atom. The Morgan fingerprint density at radius 1 is 1.12 bits per heavy atom. The molecule has 3 aliphatic rings. The molecule has 0 aliphatic carbocycles. The molecule has 1 atom stereocenters. The van der Waals surface area contributed by atoms with Crippen LogP contribution in [0.25, 0.3) is 5.57 Å². The third kappa shape index (κ3) is 4.69. The van der Waals surface area contributed by atoms with E-state index in [1.807, 2.05) is 4.90 Å². The fraction of sp³-hybridized carbons (Fsp3) is 0.522. The van der Waals surface area contributed by atoms with Gasteiger partial charge in [-0.05, 0) is 30.5 Å². The second kappa shape index (κ2) is 9.81. The van der Waals surface area contributed by atoms with E-state index in [0.717, 1.165) is 12.8 Å². The molecule has 0 aromatic heterocycles. The Kier molecular flexibility index (Phi) is 6.88. The number of carbonyl (C=O) groups is 3. The number of β-amino-alcohol motifs (C(OH)–C–C–N with tert-alkyl or cyclic N) is 1. The van der Waals surface area contributed by atoms with E-state index < -0.39 is 0 Å². The number of ether oxygens (including phenoxy) is 1. The van der Waals surface area contributed by atoms with Gasteiger partial charge in [0.2, 0.25) is 5.91 Å². The van der Waals surface area contributed by atoms with Gasteiger partial charge >= 0.3 is 0 Å². The van der Waals surface area contributed by atoms with E-state index in [1.54, 1.807) is 24.3 Å². The smallest absolute Gasteiger partial charge is 0.277 e. The largest absolute Gasteiger partial charge is 0.395 e. The highest BCUT2D eigenvalue weighted by Crippen LogP contribution is 2.33. The Morgan fingerprint density at radius 2 is 1.84 bits per heavy atom. The highest BCUT2D eigenvalue weighted by molar-refractivity contribution is 6.35. The summed E-state index contributed by atoms with van der Waals surface area (Å²) >= 11 is 0. The van der Waals surface area contributed by atoms with Gasteiger partial charge in [-0.1, -0.05) is 12.1 Å². The lowest BCUT2D eigenvalue weighted by Crippen LogP contribution is -2.48. The van der Waals surface area contributed by atoms with Gasteiger partial charge in [-0.15, -0.1) is 0 Å². The van der Waals surface area contributed by atoms with Crippen molar-refractivity contribution in [1.82, 2.24) is 14.7 Å². The van der Waals surface area contributed by atoms with Crippen LogP contribution in [0.4, 0.5) is 5.69 Å². The van der Waals surface area contributed by atoms with Crippen molar-refractivity contribution in [1.29, 1.82) is 0 Å². The van der Waals surface area contributed by atoms with Crippen LogP contribution in [-0.2, 0) is 19.1 Å². The maximum atomic E-state index is 13.4. The Balaban J connectivity index is 1.62. The number of piperazine rings is 1. The molecule has 2 fully saturated rings. The number of hydrogen-bond acceptors (Lipinski definition) is 7. The third-order valence-corrected chi connectivity index (χ3v) is 6.15. The van der Waals surface area contributed by atoms with Crippen molar-refractivity contribution >= 4 is 29.0 Å². The van der Waals surface area contributed by atoms with Crippen LogP contribution in [0.1, 0.15) is 25.3 Å². The average molecular weight is 443 g/mol. The number of nitrogens with zero attached hydrogens (tertiary/aromatic N) is 3. The fourth-order valence-electron chi connectivity index (χ4n) is 4.53. The van der Waals surface area contributed by atoms with Gasteiger partial charge in [-0.3, -0.25) is 24.2 Å². The molecule has 0 radical (unpaired) electrons. The molecule has 3 aliphatic heterocycles. The Bertz CT molecular complexity index is 899. The molecule has 1 aromatic carbocycles. The minimum Gasteiger partial charge on any atom is -0.395 e. The van der Waals surface area contributed by atoms with Crippen molar-refractivity contribution in [2.45, 2.75) is 25.9 Å². The van der Waals surface area contributed by atoms with E-state index in [-0.39, 0.29) is 37.0 Å². The van der Waals surface area contributed by atoms with Gasteiger partial charge in [0.05, 0.1) is 24.8 Å². The van der Waals surface area contributed by atoms with Crippen molar-refractivity contribution in [2.75, 3.05) is 57.8 Å². The third-order valence-electron chi connectivity index (χ3n) is 6.15. The number of imide groups is 1. The van der Waals surface area contributed by atoms with E-state index in [2.05, 4.69) is 10.2 Å². The quantitative estimate of drug-likeness (QED) is 0.594. The van der Waals surface area contributed by atoms with Crippen molar-refractivity contribution < 1.29 is 24.2 Å². The monoisotopic (exact) mass is 442 g/mol. The molecular weight excluding hydrogens is 412 g/mol. The van der Waals surface area contributed by atoms with Crippen LogP contribution in [0, 0.1) is 0 Å². The summed E-state index contributed by atoms with van der Waals surface area (Å²) in [6.45, 7) is 5.70. The number of anilines is 1. The van der Waals surface area contributed by atoms with Crippen LogP contribution in [0.3, 0.4) is 0 Å². The number of benzene rings is 1. The van der Waals surface area contributed by atoms with Crippen LogP contribution in [0.5, 0.6) is 0 Å². The van der Waals surface area contributed by atoms with E-state index in [0.29, 0.717) is 61.9 Å². The second-order valence-electron chi connectivity index (χ2n) is 8.39. The highest BCUT2D eigenvalue weighted by Gasteiger charge is 2.43. The predicted octanol–water partition coefficient (Wildman–Crippen LogP) is 0.514. The van der Waals surface area contributed by atoms with Crippen molar-refractivity contribution in [3.63, 3.8) is 0 Å². The standard InChI is InChI=1S/C23H30N4O5/c1-16(29)24-18-6-4-17(5-7-18)20-21(26-10-8-25(9-11-26)12-13-28)23(31)27(22(20)30)15-19-3-2-14-32-19/h4-7,19,28H,2-3,8-15H2,1H3,(H,24,29). The van der Waals surface area contributed by atoms with E-state index in [1.165, 1.54) is 11.8 Å². The molecular formula is C23H30N4O5. The summed E-state index contributed by atoms with van der Waals surface area (Å²) in [6, 6.07) is 7.01. The molecule has 9 nitrogen and oxygen atoms in total. The normalized spacial score (nSPS) is 22.2. The van der Waals surface area contributed by atoms with Crippen molar-refractivity contribution in [3.8, 4) is 0 Å². The zero-order valence-electron chi connectivity index (χ0n) is 18.4. The minimum atomic E-state index is -0.300. The van der Waals surface area contributed by atoms with Crippen LogP contribution < -0.4 is 5.32 Å². The molecule has 1 unspecified atom stereocenters. The summed E-state index contributed by atoms with van der Waals surface area (Å²) in [6.07, 6.45) is 1.66. The number of nitrogens with one attached hydrogen (secondary N) is 1. The number of amides is 3. The minimum absolute atomic E-state index is 0.0984. The molecule has 0 spiro atoms. The van der Waals surface area contributed by atoms with Gasteiger partial charge < -0.3 is 20.1 Å². The summed E-state index contributed by atoms with van der Waals surface area (Å²) in [4.78, 5) is 43.7. The molecule has 2 N–H and O–H groups in total. The lowest BCUT2D eigenvalue weighted by Gasteiger charge is -2.36. The first kappa shape index (κ1) is 22.4. The van der Waals surface area contributed by atoms with Gasteiger partial charge in [-0.2, -0.15) is 0 Å². The summed E-state index contributed by atoms with van der Waals surface area (Å²) in [7, 11) is 0. The van der Waals surface area contributed by atoms with Crippen LogP contribution in [0.15, 0.2) is 30.0 Å². The summed E-state index contributed by atoms with van der Waals surface area (Å²) in [5, 5.41) is 11.9. The van der Waals surface area contributed by atoms with E-state index in [4.69, 9.17) is 4.74 Å². The molecule has 32 heavy (non-hydrogen) atoms. The molecule has 0 bridgehead atoms. The number of aliphatic hydroxyl groups is 1. The zero-order valence-corrected chi connectivity index (χ0v) is 18.4. The Hall–Kier alpha value is -2.75. The summed E-state index contributed by atoms with van der Waals surface area (Å²) in [5.74, 6) is -0.749. The molecule has 172 valence electrons. The molecule has 2 saturated heterocycles. The SMILES string of the molecule is CC(=O)Nc1ccc(C2=C(N3CCN(CCO)CC3)C(=O)N(CC3CCCO3)C2=O)cc1. The molecule has 3 heterocycles. The number of hydrogen-bond donors (Lipinski definition) is 2. The van der Waals surface area contributed by atoms with E-state index in [9.17, 15) is 19.5 Å². The molecule has 4 rings (SSSR count). The van der Waals surface area contributed by atoms with Gasteiger partial charge in [0, 0.05) is 51.9 Å². The Labute approximate surface area is 187 Å². The molecule has 1 aromatic rings. The average Bonchev–Trinajstić information content (AvgIpc) is 3.37. The van der Waals surface area contributed by atoms with Gasteiger partial charge in [0.25, 0.3) is 11.8 Å².